The summed E-state index contributed by atoms with van der Waals surface area (Å²) in [7, 11) is 1.70. The summed E-state index contributed by atoms with van der Waals surface area (Å²) in [5.41, 5.74) is 3.31. The topological polar surface area (TPSA) is 61.7 Å². The molecule has 1 amide bonds. The molecule has 2 aromatic heterocycles. The van der Waals surface area contributed by atoms with Crippen molar-refractivity contribution in [3.8, 4) is 5.75 Å². The van der Waals surface area contributed by atoms with Crippen LogP contribution in [0, 0.1) is 0 Å². The second-order valence-electron chi connectivity index (χ2n) is 8.04. The number of H-pyrrole nitrogens is 1. The van der Waals surface area contributed by atoms with E-state index >= 15 is 0 Å². The molecule has 6 heteroatoms. The van der Waals surface area contributed by atoms with E-state index in [1.54, 1.807) is 25.5 Å². The number of benzene rings is 1. The van der Waals surface area contributed by atoms with Crippen LogP contribution in [0.5, 0.6) is 5.75 Å². The van der Waals surface area contributed by atoms with Crippen molar-refractivity contribution >= 4 is 16.8 Å². The summed E-state index contributed by atoms with van der Waals surface area (Å²) >= 11 is 0. The first-order chi connectivity index (χ1) is 14.2. The van der Waals surface area contributed by atoms with E-state index in [1.807, 2.05) is 6.07 Å². The normalized spacial score (nSPS) is 18.9. The third kappa shape index (κ3) is 2.77. The minimum Gasteiger partial charge on any atom is -0.497 e. The van der Waals surface area contributed by atoms with Gasteiger partial charge in [0.25, 0.3) is 5.91 Å². The van der Waals surface area contributed by atoms with Crippen LogP contribution in [0.15, 0.2) is 41.0 Å². The Morgan fingerprint density at radius 2 is 2.07 bits per heavy atom. The Morgan fingerprint density at radius 3 is 2.76 bits per heavy atom. The molecule has 1 aromatic carbocycles. The number of piperidine rings is 1. The second-order valence-corrected chi connectivity index (χ2v) is 8.04. The summed E-state index contributed by atoms with van der Waals surface area (Å²) in [6, 6.07) is 9.74. The zero-order chi connectivity index (χ0) is 20.0. The molecule has 1 saturated heterocycles. The summed E-state index contributed by atoms with van der Waals surface area (Å²) in [6.45, 7) is 5.90. The number of furan rings is 1. The highest BCUT2D eigenvalue weighted by atomic mass is 16.5. The first kappa shape index (κ1) is 18.3. The van der Waals surface area contributed by atoms with Gasteiger partial charge in [0.15, 0.2) is 5.76 Å². The van der Waals surface area contributed by atoms with Crippen LogP contribution in [0.4, 0.5) is 0 Å². The number of nitrogens with one attached hydrogen (secondary N) is 1. The molecule has 0 radical (unpaired) electrons. The summed E-state index contributed by atoms with van der Waals surface area (Å²) < 4.78 is 10.9. The van der Waals surface area contributed by atoms with E-state index in [0.717, 1.165) is 50.2 Å². The number of aromatic amines is 1. The van der Waals surface area contributed by atoms with Crippen LogP contribution in [-0.2, 0) is 12.0 Å². The molecule has 152 valence electrons. The molecule has 0 atom stereocenters. The van der Waals surface area contributed by atoms with Crippen molar-refractivity contribution in [1.82, 2.24) is 14.8 Å². The van der Waals surface area contributed by atoms with Crippen LogP contribution >= 0.6 is 0 Å². The van der Waals surface area contributed by atoms with Crippen LogP contribution in [-0.4, -0.2) is 54.0 Å². The van der Waals surface area contributed by atoms with E-state index in [1.165, 1.54) is 16.6 Å². The molecule has 1 fully saturated rings. The van der Waals surface area contributed by atoms with Crippen molar-refractivity contribution in [2.45, 2.75) is 31.7 Å². The molecule has 29 heavy (non-hydrogen) atoms. The quantitative estimate of drug-likeness (QED) is 0.736. The number of hydrogen-bond donors (Lipinski definition) is 1. The molecule has 0 bridgehead atoms. The maximum Gasteiger partial charge on any atom is 0.290 e. The highest BCUT2D eigenvalue weighted by molar-refractivity contribution is 5.93. The summed E-state index contributed by atoms with van der Waals surface area (Å²) in [5.74, 6) is 1.27. The SMILES string of the molecule is CCN1CCC2(CC1)c1[nH]c3ccc(OC)cc3c1CCN2C(=O)c1ccco1. The number of hydrogen-bond acceptors (Lipinski definition) is 4. The minimum absolute atomic E-state index is 0.0122. The Hall–Kier alpha value is -2.73. The average molecular weight is 393 g/mol. The van der Waals surface area contributed by atoms with Gasteiger partial charge in [0.1, 0.15) is 5.75 Å². The fraction of sp³-hybridized carbons (Fsp3) is 0.435. The van der Waals surface area contributed by atoms with Gasteiger partial charge in [0.2, 0.25) is 0 Å². The number of rotatable bonds is 3. The number of likely N-dealkylation sites (tertiary alicyclic amines) is 1. The number of amides is 1. The third-order valence-electron chi connectivity index (χ3n) is 6.79. The molecule has 0 aliphatic carbocycles. The largest absolute Gasteiger partial charge is 0.497 e. The van der Waals surface area contributed by atoms with Crippen molar-refractivity contribution in [1.29, 1.82) is 0 Å². The van der Waals surface area contributed by atoms with Gasteiger partial charge in [0.05, 0.1) is 18.9 Å². The number of nitrogens with zero attached hydrogens (tertiary/aromatic N) is 2. The standard InChI is InChI=1S/C23H27N3O3/c1-3-25-12-9-23(10-13-25)21-17(18-15-16(28-2)6-7-19(18)24-21)8-11-26(23)22(27)20-5-4-14-29-20/h4-7,14-15,24H,3,8-13H2,1-2H3. The van der Waals surface area contributed by atoms with Crippen LogP contribution in [0.1, 0.15) is 41.6 Å². The molecule has 0 saturated carbocycles. The third-order valence-corrected chi connectivity index (χ3v) is 6.79. The lowest BCUT2D eigenvalue weighted by molar-refractivity contribution is 0.00795. The average Bonchev–Trinajstić information content (AvgIpc) is 3.42. The first-order valence-corrected chi connectivity index (χ1v) is 10.4. The van der Waals surface area contributed by atoms with E-state index in [2.05, 4.69) is 33.8 Å². The Balaban J connectivity index is 1.64. The van der Waals surface area contributed by atoms with Gasteiger partial charge in [0, 0.05) is 36.2 Å². The molecule has 1 spiro atoms. The fourth-order valence-corrected chi connectivity index (χ4v) is 5.17. The van der Waals surface area contributed by atoms with Gasteiger partial charge in [-0.25, -0.2) is 0 Å². The number of aromatic nitrogens is 1. The molecule has 5 rings (SSSR count). The number of fused-ring (bicyclic) bond motifs is 4. The Bertz CT molecular complexity index is 1030. The molecular weight excluding hydrogens is 366 g/mol. The maximum absolute atomic E-state index is 13.4. The monoisotopic (exact) mass is 393 g/mol. The molecule has 4 heterocycles. The molecule has 2 aliphatic rings. The van der Waals surface area contributed by atoms with E-state index in [-0.39, 0.29) is 11.4 Å². The van der Waals surface area contributed by atoms with E-state index in [4.69, 9.17) is 9.15 Å². The number of carbonyl (C=O) groups excluding carboxylic acids is 1. The fourth-order valence-electron chi connectivity index (χ4n) is 5.17. The lowest BCUT2D eigenvalue weighted by Crippen LogP contribution is -2.58. The van der Waals surface area contributed by atoms with Crippen molar-refractivity contribution in [3.63, 3.8) is 0 Å². The number of carbonyl (C=O) groups is 1. The van der Waals surface area contributed by atoms with Crippen molar-refractivity contribution in [2.24, 2.45) is 0 Å². The van der Waals surface area contributed by atoms with Crippen LogP contribution in [0.25, 0.3) is 10.9 Å². The van der Waals surface area contributed by atoms with Gasteiger partial charge in [-0.15, -0.1) is 0 Å². The maximum atomic E-state index is 13.4. The predicted molar refractivity (Wildman–Crippen MR) is 111 cm³/mol. The van der Waals surface area contributed by atoms with Crippen LogP contribution < -0.4 is 4.74 Å². The van der Waals surface area contributed by atoms with Crippen molar-refractivity contribution < 1.29 is 13.9 Å². The second kappa shape index (κ2) is 6.95. The van der Waals surface area contributed by atoms with Gasteiger partial charge >= 0.3 is 0 Å². The summed E-state index contributed by atoms with van der Waals surface area (Å²) in [4.78, 5) is 21.6. The highest BCUT2D eigenvalue weighted by Gasteiger charge is 2.49. The Morgan fingerprint density at radius 1 is 1.24 bits per heavy atom. The lowest BCUT2D eigenvalue weighted by Gasteiger charge is -2.50. The Kier molecular flexibility index (Phi) is 4.39. The number of ether oxygens (including phenoxy) is 1. The molecule has 2 aliphatic heterocycles. The van der Waals surface area contributed by atoms with E-state index in [0.29, 0.717) is 12.3 Å². The predicted octanol–water partition coefficient (Wildman–Crippen LogP) is 3.78. The van der Waals surface area contributed by atoms with Gasteiger partial charge in [-0.05, 0) is 61.7 Å². The highest BCUT2D eigenvalue weighted by Crippen LogP contribution is 2.46. The van der Waals surface area contributed by atoms with Crippen molar-refractivity contribution in [2.75, 3.05) is 33.3 Å². The lowest BCUT2D eigenvalue weighted by atomic mass is 9.77. The minimum atomic E-state index is -0.324. The smallest absolute Gasteiger partial charge is 0.290 e. The van der Waals surface area contributed by atoms with Gasteiger partial charge in [-0.1, -0.05) is 6.92 Å². The zero-order valence-corrected chi connectivity index (χ0v) is 17.0. The molecule has 0 unspecified atom stereocenters. The molecule has 1 N–H and O–H groups in total. The zero-order valence-electron chi connectivity index (χ0n) is 17.0. The van der Waals surface area contributed by atoms with Gasteiger partial charge in [-0.2, -0.15) is 0 Å². The van der Waals surface area contributed by atoms with Gasteiger partial charge in [-0.3, -0.25) is 4.79 Å². The van der Waals surface area contributed by atoms with Crippen LogP contribution in [0.2, 0.25) is 0 Å². The molecule has 3 aromatic rings. The van der Waals surface area contributed by atoms with Crippen LogP contribution in [0.3, 0.4) is 0 Å². The molecular formula is C23H27N3O3. The van der Waals surface area contributed by atoms with E-state index < -0.39 is 0 Å². The summed E-state index contributed by atoms with van der Waals surface area (Å²) in [6.07, 6.45) is 4.24. The first-order valence-electron chi connectivity index (χ1n) is 10.4. The number of methoxy groups -OCH3 is 1. The van der Waals surface area contributed by atoms with E-state index in [9.17, 15) is 4.79 Å². The van der Waals surface area contributed by atoms with Crippen molar-refractivity contribution in [3.05, 3.63) is 53.6 Å². The van der Waals surface area contributed by atoms with Gasteiger partial charge < -0.3 is 23.9 Å². The Labute approximate surface area is 170 Å². The molecule has 6 nitrogen and oxygen atoms in total. The summed E-state index contributed by atoms with van der Waals surface area (Å²) in [5, 5.41) is 1.21.